The van der Waals surface area contributed by atoms with Gasteiger partial charge in [0.25, 0.3) is 5.91 Å². The Balaban J connectivity index is 2.00. The molecule has 2 unspecified atom stereocenters. The van der Waals surface area contributed by atoms with Crippen molar-refractivity contribution in [1.82, 2.24) is 9.88 Å². The second-order valence-corrected chi connectivity index (χ2v) is 6.41. The highest BCUT2D eigenvalue weighted by atomic mass is 16.3. The van der Waals surface area contributed by atoms with Gasteiger partial charge in [-0.1, -0.05) is 19.8 Å². The van der Waals surface area contributed by atoms with E-state index < -0.39 is 5.60 Å². The molecule has 2 rings (SSSR count). The van der Waals surface area contributed by atoms with Crippen molar-refractivity contribution in [2.45, 2.75) is 38.2 Å². The van der Waals surface area contributed by atoms with Crippen LogP contribution < -0.4 is 5.32 Å². The fourth-order valence-electron chi connectivity index (χ4n) is 2.95. The Bertz CT molecular complexity index is 504. The number of nitrogens with zero attached hydrogens (tertiary/aromatic N) is 2. The Hall–Kier alpha value is -1.62. The molecule has 1 aromatic rings. The van der Waals surface area contributed by atoms with E-state index in [1.54, 1.807) is 26.4 Å². The van der Waals surface area contributed by atoms with Crippen LogP contribution in [0.15, 0.2) is 18.3 Å². The molecule has 1 saturated carbocycles. The van der Waals surface area contributed by atoms with Crippen LogP contribution in [-0.2, 0) is 0 Å². The lowest BCUT2D eigenvalue weighted by atomic mass is 9.79. The number of hydrogen-bond donors (Lipinski definition) is 2. The van der Waals surface area contributed by atoms with Gasteiger partial charge in [-0.25, -0.2) is 0 Å². The van der Waals surface area contributed by atoms with Crippen LogP contribution in [0.3, 0.4) is 0 Å². The molecule has 116 valence electrons. The van der Waals surface area contributed by atoms with Gasteiger partial charge >= 0.3 is 0 Å². The zero-order valence-corrected chi connectivity index (χ0v) is 13.1. The van der Waals surface area contributed by atoms with Crippen LogP contribution in [0.1, 0.15) is 43.1 Å². The van der Waals surface area contributed by atoms with Crippen molar-refractivity contribution >= 4 is 11.6 Å². The van der Waals surface area contributed by atoms with Gasteiger partial charge in [0.15, 0.2) is 0 Å². The van der Waals surface area contributed by atoms with Gasteiger partial charge < -0.3 is 15.3 Å². The highest BCUT2D eigenvalue weighted by Crippen LogP contribution is 2.32. The first kappa shape index (κ1) is 15.8. The Morgan fingerprint density at radius 1 is 1.57 bits per heavy atom. The monoisotopic (exact) mass is 291 g/mol. The molecule has 0 bridgehead atoms. The van der Waals surface area contributed by atoms with Crippen molar-refractivity contribution in [2.75, 3.05) is 26.0 Å². The highest BCUT2D eigenvalue weighted by molar-refractivity contribution is 5.92. The van der Waals surface area contributed by atoms with Crippen molar-refractivity contribution < 1.29 is 9.90 Å². The Labute approximate surface area is 126 Å². The third kappa shape index (κ3) is 4.17. The number of hydrogen-bond acceptors (Lipinski definition) is 4. The molecule has 0 saturated heterocycles. The molecule has 5 heteroatoms. The first-order chi connectivity index (χ1) is 9.89. The minimum absolute atomic E-state index is 0.122. The highest BCUT2D eigenvalue weighted by Gasteiger charge is 2.32. The fourth-order valence-corrected chi connectivity index (χ4v) is 2.95. The molecule has 0 radical (unpaired) electrons. The standard InChI is InChI=1S/C16H25N3O2/c1-12-5-4-7-16(21,10-12)11-18-13-6-8-17-14(9-13)15(20)19(2)3/h6,8-9,12,21H,4-5,7,10-11H2,1-3H3,(H,17,18). The van der Waals surface area contributed by atoms with Crippen LogP contribution in [0.25, 0.3) is 0 Å². The van der Waals surface area contributed by atoms with E-state index in [1.165, 1.54) is 11.3 Å². The second kappa shape index (κ2) is 6.43. The van der Waals surface area contributed by atoms with Gasteiger partial charge in [0, 0.05) is 32.5 Å². The summed E-state index contributed by atoms with van der Waals surface area (Å²) in [5, 5.41) is 13.9. The Morgan fingerprint density at radius 3 is 3.00 bits per heavy atom. The number of aliphatic hydroxyl groups is 1. The summed E-state index contributed by atoms with van der Waals surface area (Å²) in [6.07, 6.45) is 5.54. The predicted octanol–water partition coefficient (Wildman–Crippen LogP) is 2.14. The molecule has 5 nitrogen and oxygen atoms in total. The summed E-state index contributed by atoms with van der Waals surface area (Å²) in [5.74, 6) is 0.442. The number of pyridine rings is 1. The van der Waals surface area contributed by atoms with E-state index in [4.69, 9.17) is 0 Å². The molecule has 2 N–H and O–H groups in total. The van der Waals surface area contributed by atoms with Gasteiger partial charge in [-0.3, -0.25) is 9.78 Å². The molecule has 1 aliphatic carbocycles. The molecular weight excluding hydrogens is 266 g/mol. The number of carbonyl (C=O) groups excluding carboxylic acids is 1. The quantitative estimate of drug-likeness (QED) is 0.892. The first-order valence-electron chi connectivity index (χ1n) is 7.53. The summed E-state index contributed by atoms with van der Waals surface area (Å²) in [7, 11) is 3.41. The van der Waals surface area contributed by atoms with Gasteiger partial charge in [-0.2, -0.15) is 0 Å². The van der Waals surface area contributed by atoms with Crippen molar-refractivity contribution in [3.05, 3.63) is 24.0 Å². The van der Waals surface area contributed by atoms with Gasteiger partial charge in [0.1, 0.15) is 5.69 Å². The summed E-state index contributed by atoms with van der Waals surface area (Å²) in [4.78, 5) is 17.5. The van der Waals surface area contributed by atoms with E-state index in [2.05, 4.69) is 17.2 Å². The van der Waals surface area contributed by atoms with Crippen LogP contribution in [0.5, 0.6) is 0 Å². The largest absolute Gasteiger partial charge is 0.388 e. The molecule has 1 aliphatic rings. The molecule has 0 spiro atoms. The molecule has 1 fully saturated rings. The lowest BCUT2D eigenvalue weighted by Gasteiger charge is -2.35. The van der Waals surface area contributed by atoms with E-state index in [1.807, 2.05) is 6.07 Å². The van der Waals surface area contributed by atoms with E-state index in [9.17, 15) is 9.90 Å². The molecule has 2 atom stereocenters. The Morgan fingerprint density at radius 2 is 2.33 bits per heavy atom. The molecule has 1 amide bonds. The maximum absolute atomic E-state index is 11.9. The summed E-state index contributed by atoms with van der Waals surface area (Å²) in [5.41, 5.74) is 0.586. The Kier molecular flexibility index (Phi) is 4.83. The van der Waals surface area contributed by atoms with Gasteiger partial charge in [0.05, 0.1) is 5.60 Å². The van der Waals surface area contributed by atoms with Crippen molar-refractivity contribution in [2.24, 2.45) is 5.92 Å². The molecule has 1 heterocycles. The fraction of sp³-hybridized carbons (Fsp3) is 0.625. The summed E-state index contributed by atoms with van der Waals surface area (Å²) < 4.78 is 0. The third-order valence-corrected chi connectivity index (χ3v) is 4.07. The van der Waals surface area contributed by atoms with Crippen molar-refractivity contribution in [3.63, 3.8) is 0 Å². The number of amides is 1. The topological polar surface area (TPSA) is 65.5 Å². The van der Waals surface area contributed by atoms with Crippen LogP contribution >= 0.6 is 0 Å². The number of rotatable bonds is 4. The molecule has 0 aromatic carbocycles. The van der Waals surface area contributed by atoms with E-state index >= 15 is 0 Å². The maximum Gasteiger partial charge on any atom is 0.272 e. The zero-order valence-electron chi connectivity index (χ0n) is 13.1. The molecule has 21 heavy (non-hydrogen) atoms. The SMILES string of the molecule is CC1CCCC(O)(CNc2ccnc(C(=O)N(C)C)c2)C1. The van der Waals surface area contributed by atoms with Crippen LogP contribution in [0, 0.1) is 5.92 Å². The van der Waals surface area contributed by atoms with E-state index in [0.29, 0.717) is 18.2 Å². The number of aromatic nitrogens is 1. The normalized spacial score (nSPS) is 25.4. The van der Waals surface area contributed by atoms with E-state index in [0.717, 1.165) is 24.9 Å². The van der Waals surface area contributed by atoms with Gasteiger partial charge in [-0.15, -0.1) is 0 Å². The average molecular weight is 291 g/mol. The average Bonchev–Trinajstić information content (AvgIpc) is 2.44. The minimum atomic E-state index is -0.646. The van der Waals surface area contributed by atoms with Crippen LogP contribution in [0.4, 0.5) is 5.69 Å². The number of anilines is 1. The van der Waals surface area contributed by atoms with E-state index in [-0.39, 0.29) is 5.91 Å². The van der Waals surface area contributed by atoms with Crippen LogP contribution in [0.2, 0.25) is 0 Å². The van der Waals surface area contributed by atoms with Crippen molar-refractivity contribution in [1.29, 1.82) is 0 Å². The summed E-state index contributed by atoms with van der Waals surface area (Å²) in [6.45, 7) is 2.70. The second-order valence-electron chi connectivity index (χ2n) is 6.41. The molecular formula is C16H25N3O2. The number of nitrogens with one attached hydrogen (secondary N) is 1. The van der Waals surface area contributed by atoms with Gasteiger partial charge in [0.2, 0.25) is 0 Å². The zero-order chi connectivity index (χ0) is 15.5. The molecule has 1 aromatic heterocycles. The number of carbonyl (C=O) groups is 1. The minimum Gasteiger partial charge on any atom is -0.388 e. The van der Waals surface area contributed by atoms with Gasteiger partial charge in [-0.05, 0) is 30.9 Å². The predicted molar refractivity (Wildman–Crippen MR) is 83.3 cm³/mol. The smallest absolute Gasteiger partial charge is 0.272 e. The third-order valence-electron chi connectivity index (χ3n) is 4.07. The van der Waals surface area contributed by atoms with Crippen molar-refractivity contribution in [3.8, 4) is 0 Å². The summed E-state index contributed by atoms with van der Waals surface area (Å²) >= 11 is 0. The maximum atomic E-state index is 11.9. The molecule has 0 aliphatic heterocycles. The lowest BCUT2D eigenvalue weighted by molar-refractivity contribution is -0.000764. The van der Waals surface area contributed by atoms with Crippen LogP contribution in [-0.4, -0.2) is 47.1 Å². The lowest BCUT2D eigenvalue weighted by Crippen LogP contribution is -2.41. The first-order valence-corrected chi connectivity index (χ1v) is 7.53. The summed E-state index contributed by atoms with van der Waals surface area (Å²) in [6, 6.07) is 3.56.